The molecule has 2 nitrogen and oxygen atoms in total. The zero-order chi connectivity index (χ0) is 13.3. The van der Waals surface area contributed by atoms with Gasteiger partial charge in [0.05, 0.1) is 6.04 Å². The van der Waals surface area contributed by atoms with Crippen molar-refractivity contribution >= 4 is 5.91 Å². The first kappa shape index (κ1) is 13.1. The fraction of sp³-hybridized carbons (Fsp3) is 0.562. The first-order valence-corrected chi connectivity index (χ1v) is 6.77. The SMILES string of the molecule is Cc1ccc([C@@H]2CCCN2C(=O)C(C)(C)C)cc1. The van der Waals surface area contributed by atoms with Crippen LogP contribution in [0.15, 0.2) is 24.3 Å². The van der Waals surface area contributed by atoms with E-state index >= 15 is 0 Å². The maximum atomic E-state index is 12.4. The van der Waals surface area contributed by atoms with Crippen LogP contribution in [0.1, 0.15) is 50.8 Å². The molecule has 0 saturated carbocycles. The maximum absolute atomic E-state index is 12.4. The van der Waals surface area contributed by atoms with Gasteiger partial charge in [0.1, 0.15) is 0 Å². The summed E-state index contributed by atoms with van der Waals surface area (Å²) < 4.78 is 0. The Morgan fingerprint density at radius 1 is 1.22 bits per heavy atom. The predicted molar refractivity (Wildman–Crippen MR) is 74.3 cm³/mol. The van der Waals surface area contributed by atoms with E-state index in [0.29, 0.717) is 0 Å². The first-order chi connectivity index (χ1) is 8.39. The lowest BCUT2D eigenvalue weighted by Crippen LogP contribution is -2.38. The Balaban J connectivity index is 2.22. The number of rotatable bonds is 1. The molecular weight excluding hydrogens is 222 g/mol. The summed E-state index contributed by atoms with van der Waals surface area (Å²) in [5.74, 6) is 0.269. The van der Waals surface area contributed by atoms with Crippen molar-refractivity contribution in [2.75, 3.05) is 6.54 Å². The van der Waals surface area contributed by atoms with Crippen LogP contribution in [0, 0.1) is 12.3 Å². The number of benzene rings is 1. The molecule has 0 radical (unpaired) electrons. The molecule has 1 aliphatic rings. The number of carbonyl (C=O) groups excluding carboxylic acids is 1. The van der Waals surface area contributed by atoms with Crippen LogP contribution in [-0.2, 0) is 4.79 Å². The highest BCUT2D eigenvalue weighted by Crippen LogP contribution is 2.35. The standard InChI is InChI=1S/C16H23NO/c1-12-7-9-13(10-8-12)14-6-5-11-17(14)15(18)16(2,3)4/h7-10,14H,5-6,11H2,1-4H3/t14-/m0/s1. The molecule has 1 fully saturated rings. The van der Waals surface area contributed by atoms with Gasteiger partial charge in [0.25, 0.3) is 0 Å². The monoisotopic (exact) mass is 245 g/mol. The summed E-state index contributed by atoms with van der Waals surface area (Å²) in [6.07, 6.45) is 2.20. The molecule has 1 aromatic rings. The Bertz CT molecular complexity index is 427. The molecule has 0 unspecified atom stereocenters. The van der Waals surface area contributed by atoms with Crippen molar-refractivity contribution in [3.8, 4) is 0 Å². The summed E-state index contributed by atoms with van der Waals surface area (Å²) in [7, 11) is 0. The van der Waals surface area contributed by atoms with Crippen molar-refractivity contribution in [1.82, 2.24) is 4.90 Å². The average molecular weight is 245 g/mol. The second-order valence-corrected chi connectivity index (χ2v) is 6.32. The minimum absolute atomic E-state index is 0.269. The number of nitrogens with zero attached hydrogens (tertiary/aromatic N) is 1. The highest BCUT2D eigenvalue weighted by atomic mass is 16.2. The molecule has 1 atom stereocenters. The van der Waals surface area contributed by atoms with Crippen molar-refractivity contribution in [3.05, 3.63) is 35.4 Å². The third-order valence-corrected chi connectivity index (χ3v) is 3.62. The van der Waals surface area contributed by atoms with Crippen molar-refractivity contribution in [1.29, 1.82) is 0 Å². The van der Waals surface area contributed by atoms with Crippen LogP contribution < -0.4 is 0 Å². The molecule has 1 saturated heterocycles. The molecule has 0 N–H and O–H groups in total. The molecule has 0 bridgehead atoms. The van der Waals surface area contributed by atoms with E-state index in [4.69, 9.17) is 0 Å². The van der Waals surface area contributed by atoms with Crippen molar-refractivity contribution in [2.45, 2.75) is 46.6 Å². The largest absolute Gasteiger partial charge is 0.335 e. The van der Waals surface area contributed by atoms with Crippen LogP contribution in [0.25, 0.3) is 0 Å². The van der Waals surface area contributed by atoms with E-state index in [0.717, 1.165) is 19.4 Å². The van der Waals surface area contributed by atoms with E-state index < -0.39 is 0 Å². The Morgan fingerprint density at radius 2 is 1.83 bits per heavy atom. The lowest BCUT2D eigenvalue weighted by atomic mass is 9.93. The number of carbonyl (C=O) groups is 1. The lowest BCUT2D eigenvalue weighted by Gasteiger charge is -2.31. The van der Waals surface area contributed by atoms with E-state index in [1.54, 1.807) is 0 Å². The van der Waals surface area contributed by atoms with Crippen LogP contribution in [0.2, 0.25) is 0 Å². The van der Waals surface area contributed by atoms with Crippen LogP contribution >= 0.6 is 0 Å². The number of hydrogen-bond donors (Lipinski definition) is 0. The van der Waals surface area contributed by atoms with Gasteiger partial charge < -0.3 is 4.90 Å². The Labute approximate surface area is 110 Å². The molecule has 1 aromatic carbocycles. The summed E-state index contributed by atoms with van der Waals surface area (Å²) in [6, 6.07) is 8.86. The van der Waals surface area contributed by atoms with Crippen LogP contribution in [0.3, 0.4) is 0 Å². The fourth-order valence-corrected chi connectivity index (χ4v) is 2.58. The fourth-order valence-electron chi connectivity index (χ4n) is 2.58. The summed E-state index contributed by atoms with van der Waals surface area (Å²) in [4.78, 5) is 14.5. The van der Waals surface area contributed by atoms with Crippen LogP contribution in [0.4, 0.5) is 0 Å². The van der Waals surface area contributed by atoms with E-state index in [1.165, 1.54) is 11.1 Å². The molecule has 2 heteroatoms. The minimum atomic E-state index is -0.284. The van der Waals surface area contributed by atoms with Gasteiger partial charge in [-0.25, -0.2) is 0 Å². The smallest absolute Gasteiger partial charge is 0.228 e. The van der Waals surface area contributed by atoms with Gasteiger partial charge in [0.15, 0.2) is 0 Å². The first-order valence-electron chi connectivity index (χ1n) is 6.77. The second-order valence-electron chi connectivity index (χ2n) is 6.32. The van der Waals surface area contributed by atoms with E-state index in [1.807, 2.05) is 20.8 Å². The van der Waals surface area contributed by atoms with E-state index in [2.05, 4.69) is 36.1 Å². The second kappa shape index (κ2) is 4.75. The number of amides is 1. The Morgan fingerprint density at radius 3 is 2.39 bits per heavy atom. The van der Waals surface area contributed by atoms with Gasteiger partial charge in [-0.05, 0) is 25.3 Å². The quantitative estimate of drug-likeness (QED) is 0.738. The molecule has 1 amide bonds. The maximum Gasteiger partial charge on any atom is 0.228 e. The van der Waals surface area contributed by atoms with E-state index in [9.17, 15) is 4.79 Å². The zero-order valence-corrected chi connectivity index (χ0v) is 11.9. The Hall–Kier alpha value is -1.31. The van der Waals surface area contributed by atoms with Gasteiger partial charge in [-0.1, -0.05) is 50.6 Å². The topological polar surface area (TPSA) is 20.3 Å². The van der Waals surface area contributed by atoms with Gasteiger partial charge in [0, 0.05) is 12.0 Å². The molecule has 1 aliphatic heterocycles. The predicted octanol–water partition coefficient (Wildman–Crippen LogP) is 3.70. The molecule has 1 heterocycles. The van der Waals surface area contributed by atoms with Gasteiger partial charge in [-0.3, -0.25) is 4.79 Å². The zero-order valence-electron chi connectivity index (χ0n) is 11.9. The molecule has 0 spiro atoms. The van der Waals surface area contributed by atoms with Gasteiger partial charge >= 0.3 is 0 Å². The molecule has 98 valence electrons. The van der Waals surface area contributed by atoms with Crippen LogP contribution in [-0.4, -0.2) is 17.4 Å². The number of hydrogen-bond acceptors (Lipinski definition) is 1. The highest BCUT2D eigenvalue weighted by Gasteiger charge is 2.35. The summed E-state index contributed by atoms with van der Waals surface area (Å²) in [5.41, 5.74) is 2.26. The Kier molecular flexibility index (Phi) is 3.47. The molecule has 2 rings (SSSR count). The molecule has 18 heavy (non-hydrogen) atoms. The molecule has 0 aliphatic carbocycles. The minimum Gasteiger partial charge on any atom is -0.335 e. The van der Waals surface area contributed by atoms with Gasteiger partial charge in [-0.2, -0.15) is 0 Å². The third kappa shape index (κ3) is 2.58. The lowest BCUT2D eigenvalue weighted by molar-refractivity contribution is -0.140. The number of aryl methyl sites for hydroxylation is 1. The van der Waals surface area contributed by atoms with Crippen molar-refractivity contribution < 1.29 is 4.79 Å². The summed E-state index contributed by atoms with van der Waals surface area (Å²) in [5, 5.41) is 0. The van der Waals surface area contributed by atoms with Gasteiger partial charge in [-0.15, -0.1) is 0 Å². The van der Waals surface area contributed by atoms with E-state index in [-0.39, 0.29) is 17.4 Å². The molecular formula is C16H23NO. The average Bonchev–Trinajstić information content (AvgIpc) is 2.76. The summed E-state index contributed by atoms with van der Waals surface area (Å²) >= 11 is 0. The van der Waals surface area contributed by atoms with Crippen molar-refractivity contribution in [3.63, 3.8) is 0 Å². The van der Waals surface area contributed by atoms with Crippen molar-refractivity contribution in [2.24, 2.45) is 5.41 Å². The third-order valence-electron chi connectivity index (χ3n) is 3.62. The highest BCUT2D eigenvalue weighted by molar-refractivity contribution is 5.82. The summed E-state index contributed by atoms with van der Waals surface area (Å²) in [6.45, 7) is 8.99. The van der Waals surface area contributed by atoms with Crippen LogP contribution in [0.5, 0.6) is 0 Å². The molecule has 0 aromatic heterocycles. The normalized spacial score (nSPS) is 20.2. The number of likely N-dealkylation sites (tertiary alicyclic amines) is 1. The van der Waals surface area contributed by atoms with Gasteiger partial charge in [0.2, 0.25) is 5.91 Å².